The molecular formula is C16H31N3. The topological polar surface area (TPSA) is 32.5 Å². The van der Waals surface area contributed by atoms with E-state index in [2.05, 4.69) is 23.6 Å². The van der Waals surface area contributed by atoms with Crippen molar-refractivity contribution in [2.75, 3.05) is 32.7 Å². The molecule has 3 fully saturated rings. The number of hydrogen-bond donors (Lipinski definition) is 1. The summed E-state index contributed by atoms with van der Waals surface area (Å²) in [5, 5.41) is 0. The highest BCUT2D eigenvalue weighted by atomic mass is 15.3. The van der Waals surface area contributed by atoms with Gasteiger partial charge in [-0.15, -0.1) is 0 Å². The van der Waals surface area contributed by atoms with Crippen LogP contribution in [0.3, 0.4) is 0 Å². The average molecular weight is 265 g/mol. The Bertz CT molecular complexity index is 328. The predicted octanol–water partition coefficient (Wildman–Crippen LogP) is 2.06. The molecule has 2 atom stereocenters. The zero-order valence-corrected chi connectivity index (χ0v) is 12.8. The zero-order chi connectivity index (χ0) is 13.5. The van der Waals surface area contributed by atoms with Gasteiger partial charge in [-0.1, -0.05) is 13.8 Å². The van der Waals surface area contributed by atoms with Gasteiger partial charge in [0, 0.05) is 31.2 Å². The largest absolute Gasteiger partial charge is 0.329 e. The van der Waals surface area contributed by atoms with E-state index in [-0.39, 0.29) is 0 Å². The van der Waals surface area contributed by atoms with E-state index < -0.39 is 0 Å². The molecule has 110 valence electrons. The summed E-state index contributed by atoms with van der Waals surface area (Å²) in [5.41, 5.74) is 7.07. The van der Waals surface area contributed by atoms with E-state index >= 15 is 0 Å². The summed E-state index contributed by atoms with van der Waals surface area (Å²) >= 11 is 0. The summed E-state index contributed by atoms with van der Waals surface area (Å²) in [6, 6.07) is 0.822. The van der Waals surface area contributed by atoms with Gasteiger partial charge in [-0.2, -0.15) is 0 Å². The molecule has 3 nitrogen and oxygen atoms in total. The first kappa shape index (κ1) is 13.8. The van der Waals surface area contributed by atoms with Gasteiger partial charge in [-0.05, 0) is 57.0 Å². The van der Waals surface area contributed by atoms with Crippen molar-refractivity contribution in [1.29, 1.82) is 0 Å². The van der Waals surface area contributed by atoms with Crippen LogP contribution in [0.1, 0.15) is 52.4 Å². The van der Waals surface area contributed by atoms with E-state index in [9.17, 15) is 0 Å². The SMILES string of the molecule is CC1(C)CCCN(C2(CN)CCN3CCCC3C2)C1. The average Bonchev–Trinajstić information content (AvgIpc) is 2.84. The van der Waals surface area contributed by atoms with Crippen molar-refractivity contribution in [2.24, 2.45) is 11.1 Å². The van der Waals surface area contributed by atoms with Gasteiger partial charge < -0.3 is 10.6 Å². The van der Waals surface area contributed by atoms with Gasteiger partial charge >= 0.3 is 0 Å². The van der Waals surface area contributed by atoms with Crippen molar-refractivity contribution >= 4 is 0 Å². The van der Waals surface area contributed by atoms with Crippen LogP contribution in [0.2, 0.25) is 0 Å². The Morgan fingerprint density at radius 2 is 1.95 bits per heavy atom. The minimum atomic E-state index is 0.309. The van der Waals surface area contributed by atoms with Crippen molar-refractivity contribution in [3.8, 4) is 0 Å². The number of likely N-dealkylation sites (tertiary alicyclic amines) is 1. The molecule has 19 heavy (non-hydrogen) atoms. The second-order valence-corrected chi connectivity index (χ2v) is 7.90. The summed E-state index contributed by atoms with van der Waals surface area (Å²) in [6.45, 7) is 10.8. The van der Waals surface area contributed by atoms with Crippen LogP contribution in [0.25, 0.3) is 0 Å². The summed E-state index contributed by atoms with van der Waals surface area (Å²) in [5.74, 6) is 0. The fourth-order valence-corrected chi connectivity index (χ4v) is 4.74. The van der Waals surface area contributed by atoms with Gasteiger partial charge in [0.05, 0.1) is 0 Å². The molecule has 3 heteroatoms. The molecule has 0 amide bonds. The molecule has 0 aromatic carbocycles. The van der Waals surface area contributed by atoms with Crippen LogP contribution < -0.4 is 5.73 Å². The summed E-state index contributed by atoms with van der Waals surface area (Å²) in [7, 11) is 0. The highest BCUT2D eigenvalue weighted by molar-refractivity contribution is 5.03. The Kier molecular flexibility index (Phi) is 3.65. The lowest BCUT2D eigenvalue weighted by Crippen LogP contribution is -2.63. The standard InChI is InChI=1S/C16H31N3/c1-15(2)6-4-9-19(13-15)16(12-17)7-10-18-8-3-5-14(18)11-16/h14H,3-13,17H2,1-2H3. The quantitative estimate of drug-likeness (QED) is 0.829. The van der Waals surface area contributed by atoms with Crippen LogP contribution in [0.5, 0.6) is 0 Å². The second-order valence-electron chi connectivity index (χ2n) is 7.90. The van der Waals surface area contributed by atoms with E-state index in [1.54, 1.807) is 0 Å². The molecule has 0 aromatic rings. The van der Waals surface area contributed by atoms with E-state index in [1.807, 2.05) is 0 Å². The number of fused-ring (bicyclic) bond motifs is 1. The van der Waals surface area contributed by atoms with Crippen molar-refractivity contribution in [3.05, 3.63) is 0 Å². The third-order valence-corrected chi connectivity index (χ3v) is 5.93. The third-order valence-electron chi connectivity index (χ3n) is 5.93. The van der Waals surface area contributed by atoms with E-state index in [1.165, 1.54) is 64.7 Å². The van der Waals surface area contributed by atoms with Crippen molar-refractivity contribution in [3.63, 3.8) is 0 Å². The van der Waals surface area contributed by atoms with Gasteiger partial charge in [-0.25, -0.2) is 0 Å². The molecular weight excluding hydrogens is 234 g/mol. The maximum absolute atomic E-state index is 6.28. The number of piperidine rings is 2. The summed E-state index contributed by atoms with van der Waals surface area (Å²) in [4.78, 5) is 5.48. The fraction of sp³-hybridized carbons (Fsp3) is 1.00. The van der Waals surface area contributed by atoms with Crippen molar-refractivity contribution in [2.45, 2.75) is 64.0 Å². The molecule has 0 radical (unpaired) electrons. The van der Waals surface area contributed by atoms with E-state index in [4.69, 9.17) is 5.73 Å². The zero-order valence-electron chi connectivity index (χ0n) is 12.8. The van der Waals surface area contributed by atoms with Gasteiger partial charge in [0.15, 0.2) is 0 Å². The molecule has 0 spiro atoms. The molecule has 2 N–H and O–H groups in total. The van der Waals surface area contributed by atoms with Gasteiger partial charge in [-0.3, -0.25) is 4.90 Å². The smallest absolute Gasteiger partial charge is 0.0358 e. The Morgan fingerprint density at radius 3 is 2.68 bits per heavy atom. The Hall–Kier alpha value is -0.120. The first-order chi connectivity index (χ1) is 9.05. The van der Waals surface area contributed by atoms with Crippen LogP contribution >= 0.6 is 0 Å². The van der Waals surface area contributed by atoms with Gasteiger partial charge in [0.2, 0.25) is 0 Å². The van der Waals surface area contributed by atoms with Crippen LogP contribution in [-0.2, 0) is 0 Å². The Balaban J connectivity index is 1.75. The lowest BCUT2D eigenvalue weighted by molar-refractivity contribution is -0.0304. The molecule has 0 bridgehead atoms. The molecule has 3 aliphatic rings. The highest BCUT2D eigenvalue weighted by Gasteiger charge is 2.46. The van der Waals surface area contributed by atoms with Gasteiger partial charge in [0.1, 0.15) is 0 Å². The van der Waals surface area contributed by atoms with E-state index in [0.29, 0.717) is 11.0 Å². The minimum absolute atomic E-state index is 0.309. The molecule has 3 aliphatic heterocycles. The van der Waals surface area contributed by atoms with E-state index in [0.717, 1.165) is 12.6 Å². The molecule has 0 saturated carbocycles. The number of nitrogens with zero attached hydrogens (tertiary/aromatic N) is 2. The van der Waals surface area contributed by atoms with Crippen LogP contribution in [0.4, 0.5) is 0 Å². The van der Waals surface area contributed by atoms with Crippen molar-refractivity contribution in [1.82, 2.24) is 9.80 Å². The molecule has 3 rings (SSSR count). The normalized spacial score (nSPS) is 40.3. The first-order valence-corrected chi connectivity index (χ1v) is 8.24. The minimum Gasteiger partial charge on any atom is -0.329 e. The first-order valence-electron chi connectivity index (χ1n) is 8.24. The van der Waals surface area contributed by atoms with Crippen LogP contribution in [0, 0.1) is 5.41 Å². The third kappa shape index (κ3) is 2.57. The summed E-state index contributed by atoms with van der Waals surface area (Å²) < 4.78 is 0. The monoisotopic (exact) mass is 265 g/mol. The highest BCUT2D eigenvalue weighted by Crippen LogP contribution is 2.40. The fourth-order valence-electron chi connectivity index (χ4n) is 4.74. The second kappa shape index (κ2) is 5.01. The van der Waals surface area contributed by atoms with Crippen molar-refractivity contribution < 1.29 is 0 Å². The molecule has 0 aromatic heterocycles. The Labute approximate surface area is 118 Å². The number of nitrogens with two attached hydrogens (primary N) is 1. The van der Waals surface area contributed by atoms with Crippen LogP contribution in [0.15, 0.2) is 0 Å². The molecule has 0 aliphatic carbocycles. The number of hydrogen-bond acceptors (Lipinski definition) is 3. The Morgan fingerprint density at radius 1 is 1.11 bits per heavy atom. The predicted molar refractivity (Wildman–Crippen MR) is 80.2 cm³/mol. The van der Waals surface area contributed by atoms with Gasteiger partial charge in [0.25, 0.3) is 0 Å². The maximum Gasteiger partial charge on any atom is 0.0358 e. The lowest BCUT2D eigenvalue weighted by Gasteiger charge is -2.54. The molecule has 3 saturated heterocycles. The number of rotatable bonds is 2. The lowest BCUT2D eigenvalue weighted by atomic mass is 9.76. The van der Waals surface area contributed by atoms with Crippen LogP contribution in [-0.4, -0.2) is 54.1 Å². The summed E-state index contributed by atoms with van der Waals surface area (Å²) in [6.07, 6.45) is 8.13. The molecule has 3 heterocycles. The molecule has 2 unspecified atom stereocenters. The maximum atomic E-state index is 6.28.